The smallest absolute Gasteiger partial charge is 0.256 e. The molecule has 6 heteroatoms. The fourth-order valence-electron chi connectivity index (χ4n) is 4.12. The number of ether oxygens (including phenoxy) is 1. The Balaban J connectivity index is 1.46. The van der Waals surface area contributed by atoms with Gasteiger partial charge in [0.05, 0.1) is 18.8 Å². The number of carbonyl (C=O) groups excluding carboxylic acids is 2. The molecule has 0 radical (unpaired) electrons. The topological polar surface area (TPSA) is 77.6 Å². The lowest BCUT2D eigenvalue weighted by molar-refractivity contribution is 0.0304. The van der Waals surface area contributed by atoms with Gasteiger partial charge in [0.2, 0.25) is 5.91 Å². The second-order valence-electron chi connectivity index (χ2n) is 7.64. The molecular weight excluding hydrogens is 378 g/mol. The predicted molar refractivity (Wildman–Crippen MR) is 117 cm³/mol. The molecule has 1 aliphatic rings. The van der Waals surface area contributed by atoms with E-state index in [1.165, 1.54) is 0 Å². The van der Waals surface area contributed by atoms with Crippen molar-refractivity contribution < 1.29 is 14.3 Å². The maximum absolute atomic E-state index is 13.1. The van der Waals surface area contributed by atoms with Crippen molar-refractivity contribution in [2.75, 3.05) is 26.3 Å². The fourth-order valence-corrected chi connectivity index (χ4v) is 4.12. The van der Waals surface area contributed by atoms with Crippen LogP contribution in [-0.4, -0.2) is 47.6 Å². The molecule has 1 aliphatic heterocycles. The number of aromatic nitrogens is 1. The van der Waals surface area contributed by atoms with Crippen molar-refractivity contribution in [2.45, 2.75) is 25.8 Å². The second-order valence-corrected chi connectivity index (χ2v) is 7.64. The lowest BCUT2D eigenvalue weighted by Gasteiger charge is -2.26. The minimum atomic E-state index is -0.381. The summed E-state index contributed by atoms with van der Waals surface area (Å²) < 4.78 is 7.55. The van der Waals surface area contributed by atoms with Crippen LogP contribution in [0.2, 0.25) is 0 Å². The number of rotatable bonds is 7. The van der Waals surface area contributed by atoms with Gasteiger partial charge in [-0.15, -0.1) is 0 Å². The van der Waals surface area contributed by atoms with Crippen molar-refractivity contribution in [1.29, 1.82) is 0 Å². The van der Waals surface area contributed by atoms with Gasteiger partial charge in [0.1, 0.15) is 0 Å². The van der Waals surface area contributed by atoms with Crippen LogP contribution in [0.15, 0.2) is 54.7 Å². The zero-order chi connectivity index (χ0) is 20.9. The number of morpholine rings is 1. The van der Waals surface area contributed by atoms with Crippen molar-refractivity contribution in [3.63, 3.8) is 0 Å². The zero-order valence-electron chi connectivity index (χ0n) is 17.0. The van der Waals surface area contributed by atoms with Crippen molar-refractivity contribution in [3.05, 3.63) is 71.4 Å². The molecule has 0 spiro atoms. The fraction of sp³-hybridized carbons (Fsp3) is 0.333. The van der Waals surface area contributed by atoms with Crippen LogP contribution in [0.25, 0.3) is 10.9 Å². The van der Waals surface area contributed by atoms with Crippen molar-refractivity contribution in [3.8, 4) is 0 Å². The Labute approximate surface area is 176 Å². The third-order valence-corrected chi connectivity index (χ3v) is 5.70. The minimum absolute atomic E-state index is 0.0728. The van der Waals surface area contributed by atoms with Crippen LogP contribution in [0.4, 0.5) is 0 Å². The quantitative estimate of drug-likeness (QED) is 0.613. The van der Waals surface area contributed by atoms with Crippen molar-refractivity contribution in [2.24, 2.45) is 5.73 Å². The Hall–Kier alpha value is -3.12. The third kappa shape index (κ3) is 4.24. The van der Waals surface area contributed by atoms with E-state index in [9.17, 15) is 9.59 Å². The Morgan fingerprint density at radius 2 is 1.67 bits per heavy atom. The van der Waals surface area contributed by atoms with E-state index in [1.54, 1.807) is 6.07 Å². The van der Waals surface area contributed by atoms with Crippen molar-refractivity contribution in [1.82, 2.24) is 9.47 Å². The average Bonchev–Trinajstić information content (AvgIpc) is 3.15. The first-order valence-corrected chi connectivity index (χ1v) is 10.5. The van der Waals surface area contributed by atoms with E-state index in [-0.39, 0.29) is 11.8 Å². The summed E-state index contributed by atoms with van der Waals surface area (Å²) in [6.07, 6.45) is 4.66. The number of nitrogens with zero attached hydrogens (tertiary/aromatic N) is 2. The highest BCUT2D eigenvalue weighted by atomic mass is 16.5. The lowest BCUT2D eigenvalue weighted by atomic mass is 10.0. The summed E-state index contributed by atoms with van der Waals surface area (Å²) in [4.78, 5) is 26.5. The molecular formula is C24H27N3O3. The zero-order valence-corrected chi connectivity index (χ0v) is 17.0. The number of hydrogen-bond donors (Lipinski definition) is 1. The number of primary amides is 1. The SMILES string of the molecule is NC(=O)c1ccccc1CCCCn1cc(C(=O)N2CCOCC2)c2ccccc21. The van der Waals surface area contributed by atoms with Gasteiger partial charge >= 0.3 is 0 Å². The minimum Gasteiger partial charge on any atom is -0.378 e. The van der Waals surface area contributed by atoms with Crippen LogP contribution in [-0.2, 0) is 17.7 Å². The maximum Gasteiger partial charge on any atom is 0.256 e. The summed E-state index contributed by atoms with van der Waals surface area (Å²) in [5.74, 6) is -0.308. The molecule has 1 fully saturated rings. The maximum atomic E-state index is 13.1. The molecule has 0 bridgehead atoms. The molecule has 0 atom stereocenters. The molecule has 2 N–H and O–H groups in total. The molecule has 2 aromatic carbocycles. The largest absolute Gasteiger partial charge is 0.378 e. The van der Waals surface area contributed by atoms with Crippen LogP contribution < -0.4 is 5.73 Å². The number of para-hydroxylation sites is 1. The van der Waals surface area contributed by atoms with Crippen LogP contribution in [0, 0.1) is 0 Å². The number of carbonyl (C=O) groups is 2. The molecule has 0 unspecified atom stereocenters. The molecule has 3 aromatic rings. The molecule has 2 heterocycles. The van der Waals surface area contributed by atoms with Gasteiger partial charge in [-0.05, 0) is 37.0 Å². The van der Waals surface area contributed by atoms with Gasteiger partial charge in [0, 0.05) is 42.3 Å². The Kier molecular flexibility index (Phi) is 6.14. The highest BCUT2D eigenvalue weighted by molar-refractivity contribution is 6.07. The summed E-state index contributed by atoms with van der Waals surface area (Å²) in [5, 5.41) is 0.994. The van der Waals surface area contributed by atoms with Gasteiger partial charge in [-0.3, -0.25) is 9.59 Å². The van der Waals surface area contributed by atoms with E-state index in [4.69, 9.17) is 10.5 Å². The van der Waals surface area contributed by atoms with Gasteiger partial charge in [-0.25, -0.2) is 0 Å². The number of amides is 2. The number of benzene rings is 2. The van der Waals surface area contributed by atoms with Gasteiger partial charge in [-0.2, -0.15) is 0 Å². The Morgan fingerprint density at radius 3 is 2.47 bits per heavy atom. The van der Waals surface area contributed by atoms with Crippen LogP contribution >= 0.6 is 0 Å². The molecule has 30 heavy (non-hydrogen) atoms. The van der Waals surface area contributed by atoms with Gasteiger partial charge in [0.25, 0.3) is 5.91 Å². The van der Waals surface area contributed by atoms with Gasteiger partial charge in [0.15, 0.2) is 0 Å². The summed E-state index contributed by atoms with van der Waals surface area (Å²) >= 11 is 0. The average molecular weight is 405 g/mol. The highest BCUT2D eigenvalue weighted by Crippen LogP contribution is 2.24. The van der Waals surface area contributed by atoms with E-state index in [2.05, 4.69) is 10.6 Å². The number of fused-ring (bicyclic) bond motifs is 1. The monoisotopic (exact) mass is 405 g/mol. The van der Waals surface area contributed by atoms with E-state index in [1.807, 2.05) is 47.5 Å². The summed E-state index contributed by atoms with van der Waals surface area (Å²) in [7, 11) is 0. The number of nitrogens with two attached hydrogens (primary N) is 1. The predicted octanol–water partition coefficient (Wildman–Crippen LogP) is 3.24. The van der Waals surface area contributed by atoms with E-state index >= 15 is 0 Å². The van der Waals surface area contributed by atoms with Crippen LogP contribution in [0.5, 0.6) is 0 Å². The standard InChI is InChI=1S/C24H27N3O3/c25-23(28)19-9-2-1-7-18(19)8-5-6-12-27-17-21(20-10-3-4-11-22(20)27)24(29)26-13-15-30-16-14-26/h1-4,7,9-11,17H,5-6,8,12-16H2,(H2,25,28). The number of aryl methyl sites for hydroxylation is 2. The molecule has 0 saturated carbocycles. The normalized spacial score (nSPS) is 14.2. The molecule has 0 aliphatic carbocycles. The van der Waals surface area contributed by atoms with Crippen molar-refractivity contribution >= 4 is 22.7 Å². The molecule has 4 rings (SSSR count). The lowest BCUT2D eigenvalue weighted by Crippen LogP contribution is -2.40. The van der Waals surface area contributed by atoms with Gasteiger partial charge < -0.3 is 19.9 Å². The first-order chi connectivity index (χ1) is 14.6. The third-order valence-electron chi connectivity index (χ3n) is 5.70. The van der Waals surface area contributed by atoms with Crippen LogP contribution in [0.1, 0.15) is 39.1 Å². The van der Waals surface area contributed by atoms with Crippen LogP contribution in [0.3, 0.4) is 0 Å². The first-order valence-electron chi connectivity index (χ1n) is 10.5. The molecule has 2 amide bonds. The second kappa shape index (κ2) is 9.13. The van der Waals surface area contributed by atoms with E-state index in [0.29, 0.717) is 31.9 Å². The van der Waals surface area contributed by atoms with E-state index in [0.717, 1.165) is 47.8 Å². The highest BCUT2D eigenvalue weighted by Gasteiger charge is 2.22. The Bertz CT molecular complexity index is 1050. The number of unbranched alkanes of at least 4 members (excludes halogenated alkanes) is 1. The number of hydrogen-bond acceptors (Lipinski definition) is 3. The first kappa shape index (κ1) is 20.2. The summed E-state index contributed by atoms with van der Waals surface area (Å²) in [6.45, 7) is 3.28. The molecule has 1 aromatic heterocycles. The summed E-state index contributed by atoms with van der Waals surface area (Å²) in [6, 6.07) is 15.6. The summed E-state index contributed by atoms with van der Waals surface area (Å²) in [5.41, 5.74) is 8.90. The molecule has 156 valence electrons. The molecule has 6 nitrogen and oxygen atoms in total. The van der Waals surface area contributed by atoms with E-state index < -0.39 is 0 Å². The molecule has 1 saturated heterocycles. The Morgan fingerprint density at radius 1 is 0.933 bits per heavy atom. The van der Waals surface area contributed by atoms with Gasteiger partial charge in [-0.1, -0.05) is 36.4 Å².